The topological polar surface area (TPSA) is 76.7 Å². The normalized spacial score (nSPS) is 11.7. The number of fused-ring (bicyclic) bond motifs is 1. The molecule has 0 bridgehead atoms. The van der Waals surface area contributed by atoms with Crippen molar-refractivity contribution in [1.82, 2.24) is 4.98 Å². The van der Waals surface area contributed by atoms with E-state index < -0.39 is 5.97 Å². The van der Waals surface area contributed by atoms with Gasteiger partial charge in [0.15, 0.2) is 0 Å². The standard InChI is InChI=1S/C23H20ClN3O3S/c1-12-5-7-15(8-6-12)19-11-18(16-10-17(24)13(2)9-20(16)30-19)26-27-23-25-14(3)21(31-23)22(28)29-4/h5-11H,1-4H3,(H,25,27). The number of thiazole rings is 1. The van der Waals surface area contributed by atoms with Crippen LogP contribution in [0.25, 0.3) is 22.3 Å². The lowest BCUT2D eigenvalue weighted by Gasteiger charge is -2.07. The lowest BCUT2D eigenvalue weighted by Crippen LogP contribution is -2.07. The maximum Gasteiger partial charge on any atom is 0.350 e. The monoisotopic (exact) mass is 453 g/mol. The highest BCUT2D eigenvalue weighted by Crippen LogP contribution is 2.27. The van der Waals surface area contributed by atoms with E-state index in [1.807, 2.05) is 56.3 Å². The summed E-state index contributed by atoms with van der Waals surface area (Å²) in [5, 5.41) is 7.07. The predicted molar refractivity (Wildman–Crippen MR) is 124 cm³/mol. The number of halogens is 1. The molecule has 0 aliphatic carbocycles. The number of hydrogen-bond donors (Lipinski definition) is 1. The van der Waals surface area contributed by atoms with Crippen molar-refractivity contribution >= 4 is 45.0 Å². The number of carbonyl (C=O) groups is 1. The van der Waals surface area contributed by atoms with Crippen LogP contribution in [0, 0.1) is 20.8 Å². The fourth-order valence-corrected chi connectivity index (χ4v) is 4.07. The van der Waals surface area contributed by atoms with E-state index in [1.165, 1.54) is 24.0 Å². The number of ether oxygens (including phenoxy) is 1. The molecular weight excluding hydrogens is 434 g/mol. The minimum Gasteiger partial charge on any atom is -0.465 e. The Morgan fingerprint density at radius 2 is 1.90 bits per heavy atom. The molecule has 0 aliphatic rings. The van der Waals surface area contributed by atoms with E-state index in [9.17, 15) is 4.79 Å². The molecule has 4 rings (SSSR count). The molecule has 1 N–H and O–H groups in total. The van der Waals surface area contributed by atoms with E-state index in [1.54, 1.807) is 6.92 Å². The lowest BCUT2D eigenvalue weighted by atomic mass is 10.1. The number of aromatic nitrogens is 1. The highest BCUT2D eigenvalue weighted by molar-refractivity contribution is 7.17. The Balaban J connectivity index is 1.84. The molecule has 2 heterocycles. The minimum atomic E-state index is -0.420. The molecule has 2 aromatic heterocycles. The smallest absolute Gasteiger partial charge is 0.350 e. The number of benzene rings is 2. The number of aryl methyl sites for hydroxylation is 3. The molecular formula is C23H20ClN3O3S. The molecule has 6 nitrogen and oxygen atoms in total. The van der Waals surface area contributed by atoms with Gasteiger partial charge in [0.1, 0.15) is 16.2 Å². The predicted octanol–water partition coefficient (Wildman–Crippen LogP) is 5.85. The third-order valence-corrected chi connectivity index (χ3v) is 6.25. The van der Waals surface area contributed by atoms with E-state index in [2.05, 4.69) is 15.5 Å². The van der Waals surface area contributed by atoms with Gasteiger partial charge in [0.05, 0.1) is 18.2 Å². The van der Waals surface area contributed by atoms with Crippen LogP contribution in [0.1, 0.15) is 26.5 Å². The Labute approximate surface area is 188 Å². The number of nitrogens with one attached hydrogen (secondary N) is 1. The van der Waals surface area contributed by atoms with Crippen molar-refractivity contribution < 1.29 is 13.9 Å². The Morgan fingerprint density at radius 1 is 1.16 bits per heavy atom. The van der Waals surface area contributed by atoms with Crippen LogP contribution in [-0.4, -0.2) is 18.1 Å². The van der Waals surface area contributed by atoms with Crippen molar-refractivity contribution in [3.05, 3.63) is 74.5 Å². The average molecular weight is 454 g/mol. The van der Waals surface area contributed by atoms with Crippen molar-refractivity contribution in [2.45, 2.75) is 20.8 Å². The summed E-state index contributed by atoms with van der Waals surface area (Å²) in [6, 6.07) is 13.7. The number of hydrogen-bond acceptors (Lipinski definition) is 7. The molecule has 0 fully saturated rings. The summed E-state index contributed by atoms with van der Waals surface area (Å²) in [7, 11) is 1.34. The van der Waals surface area contributed by atoms with Crippen LogP contribution < -0.4 is 10.8 Å². The third-order valence-electron chi connectivity index (χ3n) is 4.80. The summed E-state index contributed by atoms with van der Waals surface area (Å²) in [6.07, 6.45) is 0. The lowest BCUT2D eigenvalue weighted by molar-refractivity contribution is 0.0605. The first-order valence-corrected chi connectivity index (χ1v) is 10.7. The molecule has 158 valence electrons. The van der Waals surface area contributed by atoms with Gasteiger partial charge in [-0.15, -0.1) is 0 Å². The largest absolute Gasteiger partial charge is 0.465 e. The highest BCUT2D eigenvalue weighted by Gasteiger charge is 2.15. The van der Waals surface area contributed by atoms with Crippen molar-refractivity contribution in [2.75, 3.05) is 12.5 Å². The van der Waals surface area contributed by atoms with Gasteiger partial charge in [-0.1, -0.05) is 52.8 Å². The van der Waals surface area contributed by atoms with Gasteiger partial charge in [-0.05, 0) is 38.5 Å². The average Bonchev–Trinajstić information content (AvgIpc) is 3.13. The van der Waals surface area contributed by atoms with Crippen molar-refractivity contribution in [3.8, 4) is 11.3 Å². The number of anilines is 1. The summed E-state index contributed by atoms with van der Waals surface area (Å²) in [5.41, 5.74) is 7.23. The summed E-state index contributed by atoms with van der Waals surface area (Å²) in [6.45, 7) is 5.72. The zero-order chi connectivity index (χ0) is 22.1. The van der Waals surface area contributed by atoms with Crippen LogP contribution in [0.2, 0.25) is 5.02 Å². The fraction of sp³-hybridized carbons (Fsp3) is 0.174. The quantitative estimate of drug-likeness (QED) is 0.310. The molecule has 0 aliphatic heterocycles. The second-order valence-corrected chi connectivity index (χ2v) is 8.51. The van der Waals surface area contributed by atoms with E-state index in [0.29, 0.717) is 37.4 Å². The first-order chi connectivity index (χ1) is 14.9. The first kappa shape index (κ1) is 21.1. The molecule has 0 saturated carbocycles. The maximum atomic E-state index is 11.9. The Morgan fingerprint density at radius 3 is 2.61 bits per heavy atom. The van der Waals surface area contributed by atoms with Gasteiger partial charge in [-0.25, -0.2) is 9.78 Å². The van der Waals surface area contributed by atoms with Gasteiger partial charge in [0, 0.05) is 22.0 Å². The molecule has 0 atom stereocenters. The van der Waals surface area contributed by atoms with Crippen LogP contribution in [-0.2, 0) is 4.74 Å². The van der Waals surface area contributed by atoms with E-state index in [-0.39, 0.29) is 0 Å². The summed E-state index contributed by atoms with van der Waals surface area (Å²) < 4.78 is 11.0. The van der Waals surface area contributed by atoms with Gasteiger partial charge in [0.25, 0.3) is 0 Å². The van der Waals surface area contributed by atoms with E-state index >= 15 is 0 Å². The highest BCUT2D eigenvalue weighted by atomic mass is 35.5. The number of carbonyl (C=O) groups excluding carboxylic acids is 1. The van der Waals surface area contributed by atoms with Crippen molar-refractivity contribution in [1.29, 1.82) is 0 Å². The van der Waals surface area contributed by atoms with E-state index in [0.717, 1.165) is 16.5 Å². The molecule has 4 aromatic rings. The summed E-state index contributed by atoms with van der Waals surface area (Å²) in [5.74, 6) is 0.260. The molecule has 0 radical (unpaired) electrons. The molecule has 0 unspecified atom stereocenters. The van der Waals surface area contributed by atoms with Gasteiger partial charge < -0.3 is 9.15 Å². The minimum absolute atomic E-state index is 0.420. The number of methoxy groups -OCH3 is 1. The Kier molecular flexibility index (Phi) is 5.80. The first-order valence-electron chi connectivity index (χ1n) is 9.52. The Hall–Kier alpha value is -3.16. The molecule has 0 saturated heterocycles. The van der Waals surface area contributed by atoms with Gasteiger partial charge in [-0.3, -0.25) is 5.43 Å². The Bertz CT molecular complexity index is 1360. The van der Waals surface area contributed by atoms with Gasteiger partial charge >= 0.3 is 5.97 Å². The number of rotatable bonds is 4. The second kappa shape index (κ2) is 8.53. The molecule has 2 aromatic carbocycles. The number of esters is 1. The van der Waals surface area contributed by atoms with Crippen LogP contribution in [0.4, 0.5) is 5.13 Å². The van der Waals surface area contributed by atoms with Crippen molar-refractivity contribution in [3.63, 3.8) is 0 Å². The molecule has 0 amide bonds. The van der Waals surface area contributed by atoms with Crippen LogP contribution >= 0.6 is 22.9 Å². The summed E-state index contributed by atoms with van der Waals surface area (Å²) in [4.78, 5) is 16.7. The van der Waals surface area contributed by atoms with Gasteiger partial charge in [0.2, 0.25) is 5.13 Å². The van der Waals surface area contributed by atoms with E-state index in [4.69, 9.17) is 20.8 Å². The molecule has 0 spiro atoms. The van der Waals surface area contributed by atoms with Crippen LogP contribution in [0.5, 0.6) is 0 Å². The number of nitrogens with zero attached hydrogens (tertiary/aromatic N) is 2. The fourth-order valence-electron chi connectivity index (χ4n) is 3.08. The summed E-state index contributed by atoms with van der Waals surface area (Å²) >= 11 is 7.55. The van der Waals surface area contributed by atoms with Crippen molar-refractivity contribution in [2.24, 2.45) is 5.10 Å². The SMILES string of the molecule is COC(=O)c1sc(NN=c2cc(-c3ccc(C)cc3)oc3cc(C)c(Cl)cc23)nc1C. The third kappa shape index (κ3) is 4.33. The molecule has 8 heteroatoms. The van der Waals surface area contributed by atoms with Gasteiger partial charge in [-0.2, -0.15) is 5.10 Å². The van der Waals surface area contributed by atoms with Crippen LogP contribution in [0.3, 0.4) is 0 Å². The molecule has 31 heavy (non-hydrogen) atoms. The van der Waals surface area contributed by atoms with Crippen LogP contribution in [0.15, 0.2) is 52.0 Å². The zero-order valence-corrected chi connectivity index (χ0v) is 19.0. The zero-order valence-electron chi connectivity index (χ0n) is 17.4. The second-order valence-electron chi connectivity index (χ2n) is 7.11. The maximum absolute atomic E-state index is 11.9.